The minimum absolute atomic E-state index is 0.142. The van der Waals surface area contributed by atoms with Gasteiger partial charge in [0, 0.05) is 13.1 Å². The fourth-order valence-electron chi connectivity index (χ4n) is 8.23. The molecule has 2 aliphatic carbocycles. The van der Waals surface area contributed by atoms with E-state index in [0.29, 0.717) is 25.9 Å². The van der Waals surface area contributed by atoms with Gasteiger partial charge in [0.15, 0.2) is 8.32 Å². The van der Waals surface area contributed by atoms with Gasteiger partial charge in [-0.1, -0.05) is 57.2 Å². The maximum Gasteiger partial charge on any atom is 0.409 e. The summed E-state index contributed by atoms with van der Waals surface area (Å²) in [5.41, 5.74) is 4.17. The Balaban J connectivity index is 1.43. The van der Waals surface area contributed by atoms with E-state index < -0.39 is 19.5 Å². The molecule has 4 aliphatic rings. The van der Waals surface area contributed by atoms with Crippen LogP contribution in [0.2, 0.25) is 18.1 Å². The van der Waals surface area contributed by atoms with Crippen molar-refractivity contribution in [3.05, 3.63) is 64.7 Å². The molecule has 0 spiro atoms. The summed E-state index contributed by atoms with van der Waals surface area (Å²) in [4.78, 5) is 29.3. The lowest BCUT2D eigenvalue weighted by molar-refractivity contribution is 0.0250. The Labute approximate surface area is 249 Å². The topological polar surface area (TPSA) is 93.0 Å². The third-order valence-corrected chi connectivity index (χ3v) is 15.4. The quantitative estimate of drug-likeness (QED) is 0.265. The summed E-state index contributed by atoms with van der Waals surface area (Å²) >= 11 is 0. The lowest BCUT2D eigenvalue weighted by Gasteiger charge is -2.42. The van der Waals surface area contributed by atoms with Gasteiger partial charge in [-0.05, 0) is 72.1 Å². The molecule has 6 rings (SSSR count). The van der Waals surface area contributed by atoms with Crippen LogP contribution in [0.5, 0.6) is 0 Å². The van der Waals surface area contributed by atoms with E-state index in [4.69, 9.17) is 24.1 Å². The van der Waals surface area contributed by atoms with Crippen molar-refractivity contribution in [2.24, 2.45) is 10.2 Å². The number of hydrogen-bond acceptors (Lipinski definition) is 7. The Morgan fingerprint density at radius 1 is 0.857 bits per heavy atom. The van der Waals surface area contributed by atoms with E-state index in [1.54, 1.807) is 4.90 Å². The molecule has 10 heteroatoms. The van der Waals surface area contributed by atoms with Crippen LogP contribution in [0.4, 0.5) is 15.3 Å². The maximum absolute atomic E-state index is 12.9. The Morgan fingerprint density at radius 2 is 1.50 bits per heavy atom. The Bertz CT molecular complexity index is 1400. The number of ether oxygens (including phenoxy) is 2. The number of azo groups is 1. The van der Waals surface area contributed by atoms with Crippen LogP contribution in [-0.2, 0) is 37.9 Å². The molecule has 224 valence electrons. The van der Waals surface area contributed by atoms with Crippen molar-refractivity contribution in [3.63, 3.8) is 0 Å². The second kappa shape index (κ2) is 10.8. The lowest BCUT2D eigenvalue weighted by Crippen LogP contribution is -2.51. The molecule has 0 radical (unpaired) electrons. The zero-order valence-electron chi connectivity index (χ0n) is 25.4. The summed E-state index contributed by atoms with van der Waals surface area (Å²) < 4.78 is 17.7. The van der Waals surface area contributed by atoms with E-state index in [-0.39, 0.29) is 24.3 Å². The Hall–Kier alpha value is -3.24. The van der Waals surface area contributed by atoms with E-state index in [9.17, 15) is 9.59 Å². The highest BCUT2D eigenvalue weighted by atomic mass is 28.4. The van der Waals surface area contributed by atoms with Gasteiger partial charge in [-0.25, -0.2) is 9.59 Å². The zero-order valence-corrected chi connectivity index (χ0v) is 26.4. The summed E-state index contributed by atoms with van der Waals surface area (Å²) in [6.07, 6.45) is 2.16. The van der Waals surface area contributed by atoms with Crippen LogP contribution in [0.3, 0.4) is 0 Å². The number of rotatable bonds is 7. The van der Waals surface area contributed by atoms with Crippen LogP contribution in [-0.4, -0.2) is 69.7 Å². The fraction of sp³-hybridized carbons (Fsp3) is 0.562. The third-order valence-electron chi connectivity index (χ3n) is 10.7. The second-order valence-corrected chi connectivity index (χ2v) is 16.8. The van der Waals surface area contributed by atoms with Crippen molar-refractivity contribution in [1.29, 1.82) is 0 Å². The molecule has 2 aromatic carbocycles. The fourth-order valence-corrected chi connectivity index (χ4v) is 11.3. The SMILES string of the molecule is CC[Si](CC)(CC)O[C@]12CCN(C(=O)OC)C1Cc1c(N=N[C@]34CCN(C(=O)OC)C3Cc3ccccc34)cccc12. The van der Waals surface area contributed by atoms with Crippen molar-refractivity contribution >= 4 is 26.2 Å². The molecule has 2 amide bonds. The molecule has 0 saturated carbocycles. The Kier molecular flexibility index (Phi) is 7.41. The smallest absolute Gasteiger partial charge is 0.409 e. The average Bonchev–Trinajstić information content (AvgIpc) is 3.74. The first-order valence-electron chi connectivity index (χ1n) is 15.3. The van der Waals surface area contributed by atoms with E-state index in [1.165, 1.54) is 19.8 Å². The minimum atomic E-state index is -2.04. The molecule has 9 nitrogen and oxygen atoms in total. The molecule has 2 unspecified atom stereocenters. The maximum atomic E-state index is 12.9. The van der Waals surface area contributed by atoms with Crippen molar-refractivity contribution in [2.75, 3.05) is 27.3 Å². The first-order chi connectivity index (χ1) is 20.3. The number of methoxy groups -OCH3 is 2. The molecule has 2 aromatic rings. The number of fused-ring (bicyclic) bond motifs is 6. The molecule has 2 aliphatic heterocycles. The van der Waals surface area contributed by atoms with Crippen LogP contribution < -0.4 is 0 Å². The second-order valence-electron chi connectivity index (χ2n) is 12.1. The first-order valence-corrected chi connectivity index (χ1v) is 17.9. The highest BCUT2D eigenvalue weighted by Gasteiger charge is 2.60. The van der Waals surface area contributed by atoms with Gasteiger partial charge < -0.3 is 23.7 Å². The monoisotopic (exact) mass is 590 g/mol. The predicted molar refractivity (Wildman–Crippen MR) is 161 cm³/mol. The molecular formula is C32H42N4O5Si. The van der Waals surface area contributed by atoms with Crippen LogP contribution in [0.25, 0.3) is 0 Å². The summed E-state index contributed by atoms with van der Waals surface area (Å²) in [7, 11) is 0.836. The standard InChI is InChI=1S/C32H42N4O5Si/c1-6-42(7-2,8-3)41-32-17-19-36(30(38)40-5)28(32)21-23-25(32)14-11-15-26(23)33-34-31-16-18-35(29(37)39-4)27(31)20-22-12-9-10-13-24(22)31/h9-15,27-28H,6-8,16-21H2,1-5H3/t27?,28?,31-,32-/m0/s1. The molecule has 2 saturated heterocycles. The van der Waals surface area contributed by atoms with Gasteiger partial charge in [-0.2, -0.15) is 10.2 Å². The van der Waals surface area contributed by atoms with Gasteiger partial charge in [-0.3, -0.25) is 0 Å². The summed E-state index contributed by atoms with van der Waals surface area (Å²) in [5.74, 6) is 0. The minimum Gasteiger partial charge on any atom is -0.453 e. The first kappa shape index (κ1) is 28.9. The molecule has 0 bridgehead atoms. The van der Waals surface area contributed by atoms with Crippen molar-refractivity contribution < 1.29 is 23.5 Å². The number of likely N-dealkylation sites (tertiary alicyclic amines) is 2. The number of nitrogens with zero attached hydrogens (tertiary/aromatic N) is 4. The van der Waals surface area contributed by atoms with Crippen molar-refractivity contribution in [1.82, 2.24) is 9.80 Å². The van der Waals surface area contributed by atoms with Gasteiger partial charge in [0.05, 0.1) is 32.0 Å². The largest absolute Gasteiger partial charge is 0.453 e. The molecule has 0 N–H and O–H groups in total. The van der Waals surface area contributed by atoms with Crippen molar-refractivity contribution in [3.8, 4) is 0 Å². The molecule has 4 atom stereocenters. The van der Waals surface area contributed by atoms with Gasteiger partial charge >= 0.3 is 12.2 Å². The number of carbonyl (C=O) groups excluding carboxylic acids is 2. The van der Waals surface area contributed by atoms with E-state index in [2.05, 4.69) is 39.0 Å². The number of benzene rings is 2. The highest BCUT2D eigenvalue weighted by Crippen LogP contribution is 2.55. The van der Waals surface area contributed by atoms with E-state index in [0.717, 1.165) is 53.4 Å². The summed E-state index contributed by atoms with van der Waals surface area (Å²) in [6.45, 7) is 7.91. The van der Waals surface area contributed by atoms with Gasteiger partial charge in [0.25, 0.3) is 0 Å². The third kappa shape index (κ3) is 4.12. The van der Waals surface area contributed by atoms with Crippen LogP contribution in [0.15, 0.2) is 52.7 Å². The average molecular weight is 591 g/mol. The molecule has 2 fully saturated rings. The normalized spacial score (nSPS) is 27.6. The van der Waals surface area contributed by atoms with Gasteiger partial charge in [0.1, 0.15) is 11.1 Å². The molecular weight excluding hydrogens is 548 g/mol. The van der Waals surface area contributed by atoms with Crippen LogP contribution in [0.1, 0.15) is 55.9 Å². The van der Waals surface area contributed by atoms with Crippen LogP contribution >= 0.6 is 0 Å². The van der Waals surface area contributed by atoms with E-state index >= 15 is 0 Å². The number of amides is 2. The van der Waals surface area contributed by atoms with E-state index in [1.807, 2.05) is 29.2 Å². The molecule has 0 aromatic heterocycles. The van der Waals surface area contributed by atoms with Crippen molar-refractivity contribution in [2.45, 2.75) is 87.8 Å². The summed E-state index contributed by atoms with van der Waals surface area (Å²) in [5, 5.41) is 10.1. The Morgan fingerprint density at radius 3 is 2.19 bits per heavy atom. The van der Waals surface area contributed by atoms with Crippen LogP contribution in [0, 0.1) is 0 Å². The molecule has 2 heterocycles. The summed E-state index contributed by atoms with van der Waals surface area (Å²) in [6, 6.07) is 17.3. The predicted octanol–water partition coefficient (Wildman–Crippen LogP) is 6.68. The number of carbonyl (C=O) groups is 2. The zero-order chi connectivity index (χ0) is 29.7. The number of hydrogen-bond donors (Lipinski definition) is 0. The molecule has 42 heavy (non-hydrogen) atoms. The van der Waals surface area contributed by atoms with Gasteiger partial charge in [-0.15, -0.1) is 0 Å². The lowest BCUT2D eigenvalue weighted by atomic mass is 9.89. The highest BCUT2D eigenvalue weighted by molar-refractivity contribution is 6.73. The van der Waals surface area contributed by atoms with Gasteiger partial charge in [0.2, 0.25) is 0 Å².